The highest BCUT2D eigenvalue weighted by molar-refractivity contribution is 5.87. The van der Waals surface area contributed by atoms with Gasteiger partial charge in [-0.05, 0) is 42.2 Å². The summed E-state index contributed by atoms with van der Waals surface area (Å²) in [6.07, 6.45) is -5.47. The summed E-state index contributed by atoms with van der Waals surface area (Å²) in [5, 5.41) is 56.7. The molecule has 3 aromatic rings. The Bertz CT molecular complexity index is 989. The standard InChI is InChI=1S/C21H24N2O7/c24-10-15-17(26)18(27)19(28)21(29-15)30-20-16-12(2-1-3-14(16)22-23-20)7-4-11-5-8-13(25)9-6-11/h1-3,5-6,8-9,15,17-19,21,24-28H,4,7,10H2,(H,22,23)/t15-,17-,18+,19-,21+/m1/s1. The first-order valence-electron chi connectivity index (χ1n) is 9.69. The number of aromatic amines is 1. The van der Waals surface area contributed by atoms with Crippen molar-refractivity contribution in [1.29, 1.82) is 0 Å². The molecule has 0 bridgehead atoms. The number of aliphatic hydroxyl groups excluding tert-OH is 4. The number of nitrogens with zero attached hydrogens (tertiary/aromatic N) is 1. The van der Waals surface area contributed by atoms with Crippen molar-refractivity contribution >= 4 is 10.9 Å². The lowest BCUT2D eigenvalue weighted by Gasteiger charge is -2.39. The summed E-state index contributed by atoms with van der Waals surface area (Å²) in [6.45, 7) is -0.538. The number of aliphatic hydroxyl groups is 4. The van der Waals surface area contributed by atoms with Crippen molar-refractivity contribution in [2.45, 2.75) is 43.5 Å². The van der Waals surface area contributed by atoms with Crippen molar-refractivity contribution < 1.29 is 35.0 Å². The molecule has 0 spiro atoms. The van der Waals surface area contributed by atoms with E-state index in [0.29, 0.717) is 11.8 Å². The quantitative estimate of drug-likeness (QED) is 0.335. The molecule has 6 N–H and O–H groups in total. The highest BCUT2D eigenvalue weighted by Gasteiger charge is 2.45. The van der Waals surface area contributed by atoms with E-state index in [9.17, 15) is 25.5 Å². The first-order valence-corrected chi connectivity index (χ1v) is 9.69. The maximum absolute atomic E-state index is 10.2. The van der Waals surface area contributed by atoms with Gasteiger partial charge in [0.25, 0.3) is 0 Å². The molecular formula is C21H24N2O7. The van der Waals surface area contributed by atoms with Gasteiger partial charge in [-0.15, -0.1) is 5.10 Å². The lowest BCUT2D eigenvalue weighted by Crippen LogP contribution is -2.60. The average Bonchev–Trinajstić information content (AvgIpc) is 3.17. The van der Waals surface area contributed by atoms with Crippen LogP contribution in [-0.2, 0) is 17.6 Å². The fourth-order valence-electron chi connectivity index (χ4n) is 3.62. The zero-order valence-electron chi connectivity index (χ0n) is 16.0. The number of aryl methyl sites for hydroxylation is 2. The van der Waals surface area contributed by atoms with Crippen molar-refractivity contribution in [3.05, 3.63) is 53.6 Å². The number of benzene rings is 2. The molecule has 1 saturated heterocycles. The number of H-pyrrole nitrogens is 1. The number of rotatable bonds is 6. The molecule has 30 heavy (non-hydrogen) atoms. The smallest absolute Gasteiger partial charge is 0.243 e. The number of hydrogen-bond acceptors (Lipinski definition) is 8. The third kappa shape index (κ3) is 3.98. The minimum atomic E-state index is -1.53. The van der Waals surface area contributed by atoms with Gasteiger partial charge in [0, 0.05) is 0 Å². The molecule has 1 aromatic heterocycles. The third-order valence-electron chi connectivity index (χ3n) is 5.34. The van der Waals surface area contributed by atoms with Crippen LogP contribution in [0.25, 0.3) is 10.9 Å². The van der Waals surface area contributed by atoms with Crippen molar-refractivity contribution in [1.82, 2.24) is 10.2 Å². The molecule has 1 aliphatic rings. The first-order chi connectivity index (χ1) is 14.5. The predicted molar refractivity (Wildman–Crippen MR) is 106 cm³/mol. The maximum atomic E-state index is 10.2. The van der Waals surface area contributed by atoms with Crippen LogP contribution in [0.15, 0.2) is 42.5 Å². The summed E-state index contributed by atoms with van der Waals surface area (Å²) in [6, 6.07) is 12.7. The molecular weight excluding hydrogens is 392 g/mol. The Morgan fingerprint density at radius 2 is 1.73 bits per heavy atom. The van der Waals surface area contributed by atoms with Gasteiger partial charge in [0.05, 0.1) is 17.5 Å². The summed E-state index contributed by atoms with van der Waals surface area (Å²) in [7, 11) is 0. The molecule has 0 radical (unpaired) electrons. The summed E-state index contributed by atoms with van der Waals surface area (Å²) >= 11 is 0. The van der Waals surface area contributed by atoms with Crippen LogP contribution >= 0.6 is 0 Å². The number of hydrogen-bond donors (Lipinski definition) is 6. The number of nitrogens with one attached hydrogen (secondary N) is 1. The molecule has 2 aromatic carbocycles. The maximum Gasteiger partial charge on any atom is 0.243 e. The van der Waals surface area contributed by atoms with Gasteiger partial charge < -0.3 is 35.0 Å². The predicted octanol–water partition coefficient (Wildman–Crippen LogP) is 0.232. The molecule has 160 valence electrons. The van der Waals surface area contributed by atoms with Gasteiger partial charge in [0.1, 0.15) is 30.2 Å². The first kappa shape index (κ1) is 20.6. The van der Waals surface area contributed by atoms with E-state index in [4.69, 9.17) is 9.47 Å². The molecule has 2 heterocycles. The largest absolute Gasteiger partial charge is 0.508 e. The van der Waals surface area contributed by atoms with Gasteiger partial charge in [0.2, 0.25) is 12.2 Å². The van der Waals surface area contributed by atoms with Crippen molar-refractivity contribution in [2.24, 2.45) is 0 Å². The monoisotopic (exact) mass is 416 g/mol. The van der Waals surface area contributed by atoms with E-state index >= 15 is 0 Å². The Morgan fingerprint density at radius 3 is 2.47 bits per heavy atom. The fourth-order valence-corrected chi connectivity index (χ4v) is 3.62. The van der Waals surface area contributed by atoms with E-state index in [0.717, 1.165) is 23.1 Å². The van der Waals surface area contributed by atoms with Crippen molar-refractivity contribution in [2.75, 3.05) is 6.61 Å². The second-order valence-electron chi connectivity index (χ2n) is 7.35. The number of phenolic OH excluding ortho intramolecular Hbond substituents is 1. The summed E-state index contributed by atoms with van der Waals surface area (Å²) in [5.74, 6) is 0.404. The minimum absolute atomic E-state index is 0.190. The molecule has 5 atom stereocenters. The molecule has 1 fully saturated rings. The fraction of sp³-hybridized carbons (Fsp3) is 0.381. The van der Waals surface area contributed by atoms with Crippen LogP contribution in [0.5, 0.6) is 11.6 Å². The number of aromatic nitrogens is 2. The van der Waals surface area contributed by atoms with Crippen LogP contribution < -0.4 is 4.74 Å². The average molecular weight is 416 g/mol. The Labute approximate surface area is 172 Å². The normalized spacial score (nSPS) is 26.7. The van der Waals surface area contributed by atoms with E-state index < -0.39 is 37.3 Å². The molecule has 0 saturated carbocycles. The number of ether oxygens (including phenoxy) is 2. The minimum Gasteiger partial charge on any atom is -0.508 e. The van der Waals surface area contributed by atoms with E-state index in [-0.39, 0.29) is 11.6 Å². The van der Waals surface area contributed by atoms with Gasteiger partial charge in [-0.1, -0.05) is 24.3 Å². The Hall–Kier alpha value is -2.69. The Kier molecular flexibility index (Phi) is 5.89. The van der Waals surface area contributed by atoms with Crippen LogP contribution in [0.2, 0.25) is 0 Å². The molecule has 0 amide bonds. The molecule has 0 aliphatic carbocycles. The molecule has 9 nitrogen and oxygen atoms in total. The van der Waals surface area contributed by atoms with Crippen molar-refractivity contribution in [3.8, 4) is 11.6 Å². The highest BCUT2D eigenvalue weighted by Crippen LogP contribution is 2.31. The SMILES string of the molecule is OC[C@H]1O[C@@H](Oc2n[nH]c3cccc(CCc4ccc(O)cc4)c23)[C@H](O)[C@@H](O)[C@@H]1O. The summed E-state index contributed by atoms with van der Waals surface area (Å²) in [4.78, 5) is 0. The second kappa shape index (κ2) is 8.58. The van der Waals surface area contributed by atoms with Gasteiger partial charge in [-0.2, -0.15) is 0 Å². The molecule has 4 rings (SSSR count). The zero-order valence-corrected chi connectivity index (χ0v) is 16.0. The van der Waals surface area contributed by atoms with Crippen LogP contribution in [0.4, 0.5) is 0 Å². The Morgan fingerprint density at radius 1 is 0.967 bits per heavy atom. The van der Waals surface area contributed by atoms with Crippen molar-refractivity contribution in [3.63, 3.8) is 0 Å². The lowest BCUT2D eigenvalue weighted by molar-refractivity contribution is -0.277. The zero-order chi connectivity index (χ0) is 21.3. The number of phenols is 1. The van der Waals surface area contributed by atoms with Crippen LogP contribution in [0.1, 0.15) is 11.1 Å². The van der Waals surface area contributed by atoms with Crippen LogP contribution in [0, 0.1) is 0 Å². The highest BCUT2D eigenvalue weighted by atomic mass is 16.7. The van der Waals surface area contributed by atoms with E-state index in [2.05, 4.69) is 10.2 Å². The second-order valence-corrected chi connectivity index (χ2v) is 7.35. The van der Waals surface area contributed by atoms with Gasteiger partial charge in [-0.3, -0.25) is 5.10 Å². The van der Waals surface area contributed by atoms with Gasteiger partial charge in [0.15, 0.2) is 0 Å². The third-order valence-corrected chi connectivity index (χ3v) is 5.34. The molecule has 0 unspecified atom stereocenters. The Balaban J connectivity index is 1.57. The van der Waals surface area contributed by atoms with Gasteiger partial charge >= 0.3 is 0 Å². The van der Waals surface area contributed by atoms with Gasteiger partial charge in [-0.25, -0.2) is 0 Å². The van der Waals surface area contributed by atoms with E-state index in [1.807, 2.05) is 30.3 Å². The van der Waals surface area contributed by atoms with Crippen LogP contribution in [-0.4, -0.2) is 73.0 Å². The number of aromatic hydroxyl groups is 1. The number of fused-ring (bicyclic) bond motifs is 1. The topological polar surface area (TPSA) is 148 Å². The van der Waals surface area contributed by atoms with Crippen LogP contribution in [0.3, 0.4) is 0 Å². The summed E-state index contributed by atoms with van der Waals surface area (Å²) in [5.41, 5.74) is 2.75. The molecule has 9 heteroatoms. The summed E-state index contributed by atoms with van der Waals surface area (Å²) < 4.78 is 11.2. The van der Waals surface area contributed by atoms with E-state index in [1.165, 1.54) is 0 Å². The lowest BCUT2D eigenvalue weighted by atomic mass is 9.99. The van der Waals surface area contributed by atoms with E-state index in [1.54, 1.807) is 12.1 Å². The molecule has 1 aliphatic heterocycles.